The largest absolute Gasteiger partial charge is 0.495 e. The van der Waals surface area contributed by atoms with E-state index in [1.54, 1.807) is 25.3 Å². The molecule has 0 bridgehead atoms. The maximum absolute atomic E-state index is 12.3. The van der Waals surface area contributed by atoms with Gasteiger partial charge in [0.05, 0.1) is 18.5 Å². The van der Waals surface area contributed by atoms with Crippen LogP contribution in [-0.4, -0.2) is 40.1 Å². The highest BCUT2D eigenvalue weighted by atomic mass is 16.5. The van der Waals surface area contributed by atoms with Crippen LogP contribution in [0.5, 0.6) is 5.75 Å². The van der Waals surface area contributed by atoms with Crippen LogP contribution in [0.4, 0.5) is 10.5 Å². The molecule has 9 nitrogen and oxygen atoms in total. The van der Waals surface area contributed by atoms with Crippen LogP contribution < -0.4 is 15.4 Å². The average Bonchev–Trinajstić information content (AvgIpc) is 3.29. The molecule has 9 heteroatoms. The van der Waals surface area contributed by atoms with E-state index in [4.69, 9.17) is 9.15 Å². The number of nitrogens with one attached hydrogen (secondary N) is 3. The van der Waals surface area contributed by atoms with Gasteiger partial charge < -0.3 is 19.8 Å². The molecule has 0 radical (unpaired) electrons. The van der Waals surface area contributed by atoms with Gasteiger partial charge in [-0.15, -0.1) is 10.2 Å². The Labute approximate surface area is 162 Å². The molecular formula is C19H24N6O3. The molecule has 3 rings (SSSR count). The van der Waals surface area contributed by atoms with Gasteiger partial charge in [-0.05, 0) is 44.0 Å². The molecule has 0 aliphatic heterocycles. The lowest BCUT2D eigenvalue weighted by atomic mass is 10.1. The fourth-order valence-corrected chi connectivity index (χ4v) is 2.86. The highest BCUT2D eigenvalue weighted by Gasteiger charge is 2.13. The number of H-pyrrole nitrogens is 1. The van der Waals surface area contributed by atoms with Crippen molar-refractivity contribution >= 4 is 11.7 Å². The summed E-state index contributed by atoms with van der Waals surface area (Å²) in [7, 11) is 1.55. The number of benzene rings is 1. The molecule has 3 aromatic rings. The van der Waals surface area contributed by atoms with Crippen LogP contribution in [0.2, 0.25) is 0 Å². The number of methoxy groups -OCH3 is 1. The molecule has 148 valence electrons. The predicted octanol–water partition coefficient (Wildman–Crippen LogP) is 3.01. The number of hydrogen-bond donors (Lipinski definition) is 3. The van der Waals surface area contributed by atoms with Crippen molar-refractivity contribution in [2.24, 2.45) is 0 Å². The van der Waals surface area contributed by atoms with E-state index in [2.05, 4.69) is 31.0 Å². The molecule has 2 amide bonds. The molecule has 0 fully saturated rings. The quantitative estimate of drug-likeness (QED) is 0.576. The average molecular weight is 384 g/mol. The summed E-state index contributed by atoms with van der Waals surface area (Å²) in [5.74, 6) is 1.49. The minimum Gasteiger partial charge on any atom is -0.495 e. The van der Waals surface area contributed by atoms with Crippen LogP contribution in [0.3, 0.4) is 0 Å². The lowest BCUT2D eigenvalue weighted by Crippen LogP contribution is -2.30. The van der Waals surface area contributed by atoms with E-state index in [1.165, 1.54) is 0 Å². The first-order valence-corrected chi connectivity index (χ1v) is 9.07. The summed E-state index contributed by atoms with van der Waals surface area (Å²) in [4.78, 5) is 12.3. The van der Waals surface area contributed by atoms with Crippen molar-refractivity contribution in [2.45, 2.75) is 33.6 Å². The molecule has 0 spiro atoms. The number of carbonyl (C=O) groups excluding carboxylic acids is 1. The molecular weight excluding hydrogens is 360 g/mol. The van der Waals surface area contributed by atoms with Crippen molar-refractivity contribution in [1.82, 2.24) is 25.7 Å². The van der Waals surface area contributed by atoms with E-state index >= 15 is 0 Å². The zero-order valence-electron chi connectivity index (χ0n) is 16.4. The second-order valence-electron chi connectivity index (χ2n) is 6.31. The maximum Gasteiger partial charge on any atom is 0.319 e. The van der Waals surface area contributed by atoms with Crippen LogP contribution in [0, 0.1) is 13.8 Å². The summed E-state index contributed by atoms with van der Waals surface area (Å²) < 4.78 is 10.9. The number of aromatic amines is 1. The molecule has 3 N–H and O–H groups in total. The van der Waals surface area contributed by atoms with Crippen LogP contribution in [0.15, 0.2) is 22.6 Å². The van der Waals surface area contributed by atoms with Gasteiger partial charge in [0.25, 0.3) is 0 Å². The Hall–Kier alpha value is -3.36. The third kappa shape index (κ3) is 4.30. The van der Waals surface area contributed by atoms with E-state index < -0.39 is 0 Å². The lowest BCUT2D eigenvalue weighted by Gasteiger charge is -2.12. The Morgan fingerprint density at radius 2 is 2.11 bits per heavy atom. The van der Waals surface area contributed by atoms with Crippen molar-refractivity contribution in [3.8, 4) is 17.2 Å². The second kappa shape index (κ2) is 8.55. The number of rotatable bonds is 7. The van der Waals surface area contributed by atoms with E-state index in [0.717, 1.165) is 17.0 Å². The van der Waals surface area contributed by atoms with Crippen LogP contribution in [0.25, 0.3) is 11.5 Å². The fourth-order valence-electron chi connectivity index (χ4n) is 2.86. The third-order valence-corrected chi connectivity index (χ3v) is 4.41. The van der Waals surface area contributed by atoms with Crippen molar-refractivity contribution in [1.29, 1.82) is 0 Å². The van der Waals surface area contributed by atoms with Gasteiger partial charge in [-0.1, -0.05) is 6.92 Å². The Morgan fingerprint density at radius 3 is 2.75 bits per heavy atom. The lowest BCUT2D eigenvalue weighted by molar-refractivity contribution is 0.252. The Balaban J connectivity index is 1.66. The van der Waals surface area contributed by atoms with Gasteiger partial charge in [-0.3, -0.25) is 5.10 Å². The van der Waals surface area contributed by atoms with Crippen molar-refractivity contribution < 1.29 is 13.9 Å². The molecule has 0 unspecified atom stereocenters. The summed E-state index contributed by atoms with van der Waals surface area (Å²) in [6.45, 7) is 6.33. The third-order valence-electron chi connectivity index (χ3n) is 4.41. The Morgan fingerprint density at radius 1 is 1.29 bits per heavy atom. The van der Waals surface area contributed by atoms with Crippen molar-refractivity contribution in [3.05, 3.63) is 41.0 Å². The maximum atomic E-state index is 12.3. The van der Waals surface area contributed by atoms with E-state index in [-0.39, 0.29) is 6.03 Å². The molecule has 0 aliphatic rings. The topological polar surface area (TPSA) is 118 Å². The fraction of sp³-hybridized carbons (Fsp3) is 0.368. The first kappa shape index (κ1) is 19.4. The van der Waals surface area contributed by atoms with Gasteiger partial charge in [0.15, 0.2) is 0 Å². The summed E-state index contributed by atoms with van der Waals surface area (Å²) >= 11 is 0. The Bertz CT molecular complexity index is 943. The predicted molar refractivity (Wildman–Crippen MR) is 104 cm³/mol. The smallest absolute Gasteiger partial charge is 0.319 e. The monoisotopic (exact) mass is 384 g/mol. The van der Waals surface area contributed by atoms with Crippen molar-refractivity contribution in [3.63, 3.8) is 0 Å². The van der Waals surface area contributed by atoms with Crippen LogP contribution in [-0.2, 0) is 12.8 Å². The first-order chi connectivity index (χ1) is 13.5. The van der Waals surface area contributed by atoms with E-state index in [0.29, 0.717) is 48.2 Å². The minimum absolute atomic E-state index is 0.325. The normalized spacial score (nSPS) is 10.7. The van der Waals surface area contributed by atoms with Gasteiger partial charge in [0.1, 0.15) is 5.75 Å². The number of ether oxygens (including phenoxy) is 1. The van der Waals surface area contributed by atoms with Gasteiger partial charge in [0.2, 0.25) is 11.8 Å². The zero-order chi connectivity index (χ0) is 20.1. The summed E-state index contributed by atoms with van der Waals surface area (Å²) in [6.07, 6.45) is 1.35. The molecule has 28 heavy (non-hydrogen) atoms. The zero-order valence-corrected chi connectivity index (χ0v) is 16.4. The molecule has 0 saturated carbocycles. The van der Waals surface area contributed by atoms with Crippen molar-refractivity contribution in [2.75, 3.05) is 19.0 Å². The summed E-state index contributed by atoms with van der Waals surface area (Å²) in [5.41, 5.74) is 4.29. The molecule has 0 saturated heterocycles. The summed E-state index contributed by atoms with van der Waals surface area (Å²) in [5, 5.41) is 20.8. The standard InChI is InChI=1S/C19H24N6O3/c1-5-17-24-25-18(28-17)13-6-7-16(27-4)15(10-13)21-19(26)20-9-8-14-11(2)22-23-12(14)3/h6-7,10H,5,8-9H2,1-4H3,(H,22,23)(H2,20,21,26). The summed E-state index contributed by atoms with van der Waals surface area (Å²) in [6, 6.07) is 4.97. The van der Waals surface area contributed by atoms with E-state index in [1.807, 2.05) is 20.8 Å². The molecule has 1 aromatic carbocycles. The molecule has 0 atom stereocenters. The number of urea groups is 1. The van der Waals surface area contributed by atoms with E-state index in [9.17, 15) is 4.79 Å². The highest BCUT2D eigenvalue weighted by Crippen LogP contribution is 2.30. The highest BCUT2D eigenvalue weighted by molar-refractivity contribution is 5.91. The number of carbonyl (C=O) groups is 1. The number of anilines is 1. The minimum atomic E-state index is -0.325. The van der Waals surface area contributed by atoms with Gasteiger partial charge in [0, 0.05) is 24.2 Å². The van der Waals surface area contributed by atoms with Gasteiger partial charge in [-0.25, -0.2) is 4.79 Å². The first-order valence-electron chi connectivity index (χ1n) is 9.07. The number of amides is 2. The number of nitrogens with zero attached hydrogens (tertiary/aromatic N) is 3. The second-order valence-corrected chi connectivity index (χ2v) is 6.31. The molecule has 0 aliphatic carbocycles. The number of hydrogen-bond acceptors (Lipinski definition) is 6. The number of aromatic nitrogens is 4. The van der Waals surface area contributed by atoms with Gasteiger partial charge in [-0.2, -0.15) is 5.10 Å². The Kier molecular flexibility index (Phi) is 5.93. The molecule has 2 heterocycles. The van der Waals surface area contributed by atoms with Gasteiger partial charge >= 0.3 is 6.03 Å². The SMILES string of the molecule is CCc1nnc(-c2ccc(OC)c(NC(=O)NCCc3c(C)n[nH]c3C)c2)o1. The van der Waals surface area contributed by atoms with Crippen LogP contribution in [0.1, 0.15) is 29.8 Å². The number of aryl methyl sites for hydroxylation is 3. The molecule has 2 aromatic heterocycles. The van der Waals surface area contributed by atoms with Crippen LogP contribution >= 0.6 is 0 Å².